The minimum Gasteiger partial charge on any atom is -0.322 e. The number of nitrogens with one attached hydrogen (secondary N) is 1. The van der Waals surface area contributed by atoms with Crippen molar-refractivity contribution in [3.63, 3.8) is 0 Å². The minimum absolute atomic E-state index is 0.139. The van der Waals surface area contributed by atoms with Gasteiger partial charge in [0, 0.05) is 22.3 Å². The molecule has 0 bridgehead atoms. The SMILES string of the molecule is CCCCN1NC(C)=C(C=O)C1Cc1ccc(Br)cc1. The molecule has 0 aliphatic carbocycles. The monoisotopic (exact) mass is 336 g/mol. The van der Waals surface area contributed by atoms with E-state index in [0.717, 1.165) is 47.8 Å². The Kier molecular flexibility index (Phi) is 5.38. The highest BCUT2D eigenvalue weighted by Crippen LogP contribution is 2.23. The van der Waals surface area contributed by atoms with Crippen molar-refractivity contribution < 1.29 is 4.79 Å². The van der Waals surface area contributed by atoms with E-state index in [1.807, 2.05) is 19.1 Å². The van der Waals surface area contributed by atoms with Crippen molar-refractivity contribution in [2.24, 2.45) is 0 Å². The third kappa shape index (κ3) is 3.49. The number of benzene rings is 1. The second-order valence-electron chi connectivity index (χ2n) is 5.20. The van der Waals surface area contributed by atoms with Gasteiger partial charge < -0.3 is 5.43 Å². The van der Waals surface area contributed by atoms with Gasteiger partial charge in [0.1, 0.15) is 6.29 Å². The second-order valence-corrected chi connectivity index (χ2v) is 6.12. The number of hydrogen-bond acceptors (Lipinski definition) is 3. The molecular weight excluding hydrogens is 316 g/mol. The Morgan fingerprint density at radius 3 is 2.65 bits per heavy atom. The fourth-order valence-electron chi connectivity index (χ4n) is 2.55. The summed E-state index contributed by atoms with van der Waals surface area (Å²) in [5.74, 6) is 0. The van der Waals surface area contributed by atoms with E-state index >= 15 is 0 Å². The molecule has 1 aromatic carbocycles. The van der Waals surface area contributed by atoms with E-state index in [-0.39, 0.29) is 6.04 Å². The maximum absolute atomic E-state index is 11.4. The third-order valence-corrected chi connectivity index (χ3v) is 4.23. The molecule has 1 N–H and O–H groups in total. The Labute approximate surface area is 129 Å². The van der Waals surface area contributed by atoms with Gasteiger partial charge >= 0.3 is 0 Å². The van der Waals surface area contributed by atoms with E-state index in [4.69, 9.17) is 0 Å². The molecular formula is C16H21BrN2O. The molecule has 2 rings (SSSR count). The molecule has 0 fully saturated rings. The van der Waals surface area contributed by atoms with Crippen LogP contribution in [0.3, 0.4) is 0 Å². The van der Waals surface area contributed by atoms with E-state index < -0.39 is 0 Å². The Morgan fingerprint density at radius 2 is 2.05 bits per heavy atom. The zero-order chi connectivity index (χ0) is 14.5. The van der Waals surface area contributed by atoms with Crippen molar-refractivity contribution in [1.82, 2.24) is 10.4 Å². The standard InChI is InChI=1S/C16H21BrN2O/c1-3-4-9-19-16(15(11-20)12(2)18-19)10-13-5-7-14(17)8-6-13/h5-8,11,16,18H,3-4,9-10H2,1-2H3. The molecule has 1 unspecified atom stereocenters. The molecule has 0 saturated heterocycles. The molecule has 3 nitrogen and oxygen atoms in total. The molecule has 0 spiro atoms. The number of halogens is 1. The number of unbranched alkanes of at least 4 members (excludes halogenated alkanes) is 1. The molecule has 0 aromatic heterocycles. The quantitative estimate of drug-likeness (QED) is 0.807. The van der Waals surface area contributed by atoms with Crippen LogP contribution < -0.4 is 5.43 Å². The largest absolute Gasteiger partial charge is 0.322 e. The second kappa shape index (κ2) is 7.04. The summed E-state index contributed by atoms with van der Waals surface area (Å²) in [5.41, 5.74) is 6.45. The summed E-state index contributed by atoms with van der Waals surface area (Å²) in [6.07, 6.45) is 4.13. The lowest BCUT2D eigenvalue weighted by Crippen LogP contribution is -2.41. The highest BCUT2D eigenvalue weighted by Gasteiger charge is 2.30. The van der Waals surface area contributed by atoms with Crippen molar-refractivity contribution in [3.05, 3.63) is 45.6 Å². The van der Waals surface area contributed by atoms with E-state index in [9.17, 15) is 4.79 Å². The van der Waals surface area contributed by atoms with Crippen LogP contribution in [-0.2, 0) is 11.2 Å². The summed E-state index contributed by atoms with van der Waals surface area (Å²) in [4.78, 5) is 11.4. The lowest BCUT2D eigenvalue weighted by atomic mass is 9.99. The number of allylic oxidation sites excluding steroid dienone is 1. The average molecular weight is 337 g/mol. The molecule has 1 atom stereocenters. The van der Waals surface area contributed by atoms with Crippen LogP contribution >= 0.6 is 15.9 Å². The number of aldehydes is 1. The highest BCUT2D eigenvalue weighted by molar-refractivity contribution is 9.10. The fraction of sp³-hybridized carbons (Fsp3) is 0.438. The Bertz CT molecular complexity index is 496. The van der Waals surface area contributed by atoms with Crippen LogP contribution in [0.1, 0.15) is 32.3 Å². The van der Waals surface area contributed by atoms with Gasteiger partial charge in [-0.3, -0.25) is 4.79 Å². The summed E-state index contributed by atoms with van der Waals surface area (Å²) < 4.78 is 1.08. The van der Waals surface area contributed by atoms with Gasteiger partial charge in [-0.1, -0.05) is 41.4 Å². The minimum atomic E-state index is 0.139. The van der Waals surface area contributed by atoms with E-state index in [2.05, 4.69) is 45.4 Å². The van der Waals surface area contributed by atoms with Gasteiger partial charge in [0.15, 0.2) is 0 Å². The van der Waals surface area contributed by atoms with Crippen LogP contribution in [-0.4, -0.2) is 23.9 Å². The van der Waals surface area contributed by atoms with Gasteiger partial charge in [-0.2, -0.15) is 0 Å². The van der Waals surface area contributed by atoms with E-state index in [1.54, 1.807) is 0 Å². The first-order valence-electron chi connectivity index (χ1n) is 7.09. The summed E-state index contributed by atoms with van der Waals surface area (Å²) >= 11 is 3.45. The number of hydrogen-bond donors (Lipinski definition) is 1. The predicted molar refractivity (Wildman–Crippen MR) is 85.1 cm³/mol. The van der Waals surface area contributed by atoms with Crippen LogP contribution in [0.25, 0.3) is 0 Å². The summed E-state index contributed by atoms with van der Waals surface area (Å²) in [5, 5.41) is 2.20. The van der Waals surface area contributed by atoms with Crippen LogP contribution in [0.15, 0.2) is 40.0 Å². The van der Waals surface area contributed by atoms with Gasteiger partial charge in [-0.05, 0) is 37.5 Å². The Hall–Kier alpha value is -1.13. The summed E-state index contributed by atoms with van der Waals surface area (Å²) in [7, 11) is 0. The molecule has 20 heavy (non-hydrogen) atoms. The smallest absolute Gasteiger partial charge is 0.149 e. The number of hydrazine groups is 1. The van der Waals surface area contributed by atoms with Crippen LogP contribution in [0.5, 0.6) is 0 Å². The van der Waals surface area contributed by atoms with Gasteiger partial charge in [-0.15, -0.1) is 0 Å². The topological polar surface area (TPSA) is 32.3 Å². The maximum atomic E-state index is 11.4. The predicted octanol–water partition coefficient (Wildman–Crippen LogP) is 3.45. The van der Waals surface area contributed by atoms with Crippen molar-refractivity contribution in [2.45, 2.75) is 39.2 Å². The zero-order valence-corrected chi connectivity index (χ0v) is 13.6. The first-order valence-corrected chi connectivity index (χ1v) is 7.88. The molecule has 1 aliphatic rings. The summed E-state index contributed by atoms with van der Waals surface area (Å²) in [6.45, 7) is 5.12. The molecule has 0 saturated carbocycles. The number of carbonyl (C=O) groups is 1. The molecule has 4 heteroatoms. The van der Waals surface area contributed by atoms with E-state index in [0.29, 0.717) is 0 Å². The van der Waals surface area contributed by atoms with E-state index in [1.165, 1.54) is 5.56 Å². The van der Waals surface area contributed by atoms with Crippen molar-refractivity contribution >= 4 is 22.2 Å². The first kappa shape index (κ1) is 15.3. The van der Waals surface area contributed by atoms with Crippen molar-refractivity contribution in [1.29, 1.82) is 0 Å². The third-order valence-electron chi connectivity index (χ3n) is 3.70. The molecule has 0 amide bonds. The lowest BCUT2D eigenvalue weighted by Gasteiger charge is -2.25. The molecule has 1 aromatic rings. The normalized spacial score (nSPS) is 19.2. The molecule has 1 aliphatic heterocycles. The van der Waals surface area contributed by atoms with Gasteiger partial charge in [0.2, 0.25) is 0 Å². The average Bonchev–Trinajstić information content (AvgIpc) is 2.74. The van der Waals surface area contributed by atoms with Crippen LogP contribution in [0.4, 0.5) is 0 Å². The molecule has 1 heterocycles. The van der Waals surface area contributed by atoms with Crippen LogP contribution in [0.2, 0.25) is 0 Å². The zero-order valence-electron chi connectivity index (χ0n) is 12.0. The Balaban J connectivity index is 2.14. The van der Waals surface area contributed by atoms with Gasteiger partial charge in [0.25, 0.3) is 0 Å². The lowest BCUT2D eigenvalue weighted by molar-refractivity contribution is -0.105. The molecule has 108 valence electrons. The van der Waals surface area contributed by atoms with Crippen LogP contribution in [0, 0.1) is 0 Å². The summed E-state index contributed by atoms with van der Waals surface area (Å²) in [6, 6.07) is 8.45. The Morgan fingerprint density at radius 1 is 1.35 bits per heavy atom. The van der Waals surface area contributed by atoms with Crippen molar-refractivity contribution in [2.75, 3.05) is 6.54 Å². The first-order chi connectivity index (χ1) is 9.65. The van der Waals surface area contributed by atoms with Gasteiger partial charge in [0.05, 0.1) is 6.04 Å². The number of nitrogens with zero attached hydrogens (tertiary/aromatic N) is 1. The van der Waals surface area contributed by atoms with Crippen molar-refractivity contribution in [3.8, 4) is 0 Å². The molecule has 0 radical (unpaired) electrons. The highest BCUT2D eigenvalue weighted by atomic mass is 79.9. The van der Waals surface area contributed by atoms with Gasteiger partial charge in [-0.25, -0.2) is 5.01 Å². The number of carbonyl (C=O) groups excluding carboxylic acids is 1. The number of rotatable bonds is 6. The fourth-order valence-corrected chi connectivity index (χ4v) is 2.81. The maximum Gasteiger partial charge on any atom is 0.149 e.